The monoisotopic (exact) mass is 293 g/mol. The van der Waals surface area contributed by atoms with Crippen LogP contribution < -0.4 is 4.90 Å². The Morgan fingerprint density at radius 1 is 1.00 bits per heavy atom. The van der Waals surface area contributed by atoms with Gasteiger partial charge in [-0.15, -0.1) is 0 Å². The lowest BCUT2D eigenvalue weighted by Crippen LogP contribution is -2.07. The minimum atomic E-state index is 0.262. The second-order valence-electron chi connectivity index (χ2n) is 5.63. The first-order valence-corrected chi connectivity index (χ1v) is 7.18. The minimum absolute atomic E-state index is 0.262. The van der Waals surface area contributed by atoms with Crippen LogP contribution in [0.25, 0.3) is 22.5 Å². The molecular weight excluding hydrogens is 274 g/mol. The fourth-order valence-corrected chi connectivity index (χ4v) is 2.41. The third kappa shape index (κ3) is 2.68. The van der Waals surface area contributed by atoms with Crippen molar-refractivity contribution >= 4 is 5.69 Å². The number of hydrogen-bond acceptors (Lipinski definition) is 3. The van der Waals surface area contributed by atoms with Gasteiger partial charge in [-0.25, -0.2) is 0 Å². The Morgan fingerprint density at radius 2 is 1.73 bits per heavy atom. The van der Waals surface area contributed by atoms with Gasteiger partial charge in [0.05, 0.1) is 11.4 Å². The van der Waals surface area contributed by atoms with Gasteiger partial charge in [0.1, 0.15) is 5.75 Å². The maximum Gasteiger partial charge on any atom is 0.125 e. The SMILES string of the molecule is Cc1ccc(-c2cc(-c3ccc(N(C)C)cc3)n[nH]2)c(O)c1. The molecule has 0 bridgehead atoms. The predicted molar refractivity (Wildman–Crippen MR) is 90.2 cm³/mol. The van der Waals surface area contributed by atoms with Gasteiger partial charge in [0, 0.05) is 30.9 Å². The van der Waals surface area contributed by atoms with Gasteiger partial charge in [0.2, 0.25) is 0 Å². The number of benzene rings is 2. The highest BCUT2D eigenvalue weighted by Crippen LogP contribution is 2.31. The van der Waals surface area contributed by atoms with Gasteiger partial charge in [-0.3, -0.25) is 5.10 Å². The van der Waals surface area contributed by atoms with Crippen LogP contribution in [0.3, 0.4) is 0 Å². The molecule has 3 rings (SSSR count). The van der Waals surface area contributed by atoms with E-state index < -0.39 is 0 Å². The molecule has 2 N–H and O–H groups in total. The molecule has 112 valence electrons. The number of anilines is 1. The number of nitrogens with zero attached hydrogens (tertiary/aromatic N) is 2. The van der Waals surface area contributed by atoms with Crippen LogP contribution in [-0.4, -0.2) is 29.4 Å². The summed E-state index contributed by atoms with van der Waals surface area (Å²) in [5.74, 6) is 0.262. The van der Waals surface area contributed by atoms with E-state index in [9.17, 15) is 5.11 Å². The second kappa shape index (κ2) is 5.56. The summed E-state index contributed by atoms with van der Waals surface area (Å²) in [5, 5.41) is 17.4. The van der Waals surface area contributed by atoms with Crippen molar-refractivity contribution in [2.24, 2.45) is 0 Å². The van der Waals surface area contributed by atoms with Crippen LogP contribution in [0.15, 0.2) is 48.5 Å². The highest BCUT2D eigenvalue weighted by Gasteiger charge is 2.09. The Balaban J connectivity index is 1.93. The smallest absolute Gasteiger partial charge is 0.125 e. The van der Waals surface area contributed by atoms with Crippen LogP contribution in [0, 0.1) is 6.92 Å². The van der Waals surface area contributed by atoms with Crippen molar-refractivity contribution in [2.75, 3.05) is 19.0 Å². The van der Waals surface area contributed by atoms with E-state index in [-0.39, 0.29) is 5.75 Å². The highest BCUT2D eigenvalue weighted by atomic mass is 16.3. The highest BCUT2D eigenvalue weighted by molar-refractivity contribution is 5.73. The summed E-state index contributed by atoms with van der Waals surface area (Å²) in [5.41, 5.74) is 5.65. The minimum Gasteiger partial charge on any atom is -0.507 e. The number of aromatic nitrogens is 2. The Bertz CT molecular complexity index is 788. The zero-order chi connectivity index (χ0) is 15.7. The molecule has 0 amide bonds. The van der Waals surface area contributed by atoms with E-state index in [1.54, 1.807) is 6.07 Å². The molecule has 4 heteroatoms. The van der Waals surface area contributed by atoms with Gasteiger partial charge in [0.25, 0.3) is 0 Å². The largest absolute Gasteiger partial charge is 0.507 e. The van der Waals surface area contributed by atoms with Crippen LogP contribution in [0.4, 0.5) is 5.69 Å². The molecular formula is C18H19N3O. The van der Waals surface area contributed by atoms with Crippen LogP contribution in [0.2, 0.25) is 0 Å². The number of hydrogen-bond donors (Lipinski definition) is 2. The molecule has 0 atom stereocenters. The lowest BCUT2D eigenvalue weighted by Gasteiger charge is -2.12. The Kier molecular flexibility index (Phi) is 3.59. The topological polar surface area (TPSA) is 52.2 Å². The zero-order valence-corrected chi connectivity index (χ0v) is 13.0. The molecule has 22 heavy (non-hydrogen) atoms. The molecule has 0 saturated carbocycles. The summed E-state index contributed by atoms with van der Waals surface area (Å²) in [6, 6.07) is 15.8. The third-order valence-electron chi connectivity index (χ3n) is 3.70. The zero-order valence-electron chi connectivity index (χ0n) is 13.0. The molecule has 1 aromatic heterocycles. The molecule has 3 aromatic rings. The molecule has 1 heterocycles. The number of H-pyrrole nitrogens is 1. The van der Waals surface area contributed by atoms with Crippen LogP contribution in [0.1, 0.15) is 5.56 Å². The quantitative estimate of drug-likeness (QED) is 0.771. The number of rotatable bonds is 3. The van der Waals surface area contributed by atoms with Gasteiger partial charge in [-0.1, -0.05) is 18.2 Å². The maximum atomic E-state index is 10.1. The Hall–Kier alpha value is -2.75. The molecule has 2 aromatic carbocycles. The van der Waals surface area contributed by atoms with E-state index in [2.05, 4.69) is 27.2 Å². The van der Waals surface area contributed by atoms with Gasteiger partial charge >= 0.3 is 0 Å². The fraction of sp³-hybridized carbons (Fsp3) is 0.167. The van der Waals surface area contributed by atoms with Gasteiger partial charge in [-0.05, 0) is 42.8 Å². The summed E-state index contributed by atoms with van der Waals surface area (Å²) in [4.78, 5) is 2.06. The van der Waals surface area contributed by atoms with Gasteiger partial charge < -0.3 is 10.0 Å². The lowest BCUT2D eigenvalue weighted by molar-refractivity contribution is 0.476. The van der Waals surface area contributed by atoms with E-state index in [1.165, 1.54) is 0 Å². The van der Waals surface area contributed by atoms with E-state index in [0.717, 1.165) is 33.8 Å². The van der Waals surface area contributed by atoms with Gasteiger partial charge in [0.15, 0.2) is 0 Å². The molecule has 0 aliphatic rings. The van der Waals surface area contributed by atoms with E-state index >= 15 is 0 Å². The molecule has 0 unspecified atom stereocenters. The molecule has 0 aliphatic heterocycles. The summed E-state index contributed by atoms with van der Waals surface area (Å²) in [7, 11) is 4.03. The van der Waals surface area contributed by atoms with Crippen molar-refractivity contribution in [1.29, 1.82) is 0 Å². The molecule has 0 fully saturated rings. The summed E-state index contributed by atoms with van der Waals surface area (Å²) < 4.78 is 0. The standard InChI is InChI=1S/C18H19N3O/c1-12-4-9-15(18(22)10-12)17-11-16(19-20-17)13-5-7-14(8-6-13)21(2)3/h4-11,22H,1-3H3,(H,19,20). The number of phenols is 1. The molecule has 0 saturated heterocycles. The average Bonchev–Trinajstić information content (AvgIpc) is 2.97. The van der Waals surface area contributed by atoms with Crippen LogP contribution in [-0.2, 0) is 0 Å². The van der Waals surface area contributed by atoms with Crippen molar-refractivity contribution in [3.63, 3.8) is 0 Å². The van der Waals surface area contributed by atoms with Crippen molar-refractivity contribution in [3.8, 4) is 28.3 Å². The Labute approximate surface area is 130 Å². The maximum absolute atomic E-state index is 10.1. The molecule has 0 spiro atoms. The first kappa shape index (κ1) is 14.2. The summed E-state index contributed by atoms with van der Waals surface area (Å²) >= 11 is 0. The second-order valence-corrected chi connectivity index (χ2v) is 5.63. The normalized spacial score (nSPS) is 10.7. The van der Waals surface area contributed by atoms with Crippen molar-refractivity contribution < 1.29 is 5.11 Å². The average molecular weight is 293 g/mol. The molecule has 0 radical (unpaired) electrons. The van der Waals surface area contributed by atoms with Gasteiger partial charge in [-0.2, -0.15) is 5.10 Å². The molecule has 4 nitrogen and oxygen atoms in total. The first-order chi connectivity index (χ1) is 10.5. The van der Waals surface area contributed by atoms with E-state index in [0.29, 0.717) is 0 Å². The van der Waals surface area contributed by atoms with Crippen molar-refractivity contribution in [3.05, 3.63) is 54.1 Å². The third-order valence-corrected chi connectivity index (χ3v) is 3.70. The summed E-state index contributed by atoms with van der Waals surface area (Å²) in [6.07, 6.45) is 0. The molecule has 0 aliphatic carbocycles. The van der Waals surface area contributed by atoms with Crippen LogP contribution >= 0.6 is 0 Å². The predicted octanol–water partition coefficient (Wildman–Crippen LogP) is 3.82. The summed E-state index contributed by atoms with van der Waals surface area (Å²) in [6.45, 7) is 1.95. The van der Waals surface area contributed by atoms with E-state index in [1.807, 2.05) is 51.4 Å². The fourth-order valence-electron chi connectivity index (χ4n) is 2.41. The lowest BCUT2D eigenvalue weighted by atomic mass is 10.1. The van der Waals surface area contributed by atoms with Crippen molar-refractivity contribution in [2.45, 2.75) is 6.92 Å². The first-order valence-electron chi connectivity index (χ1n) is 7.18. The van der Waals surface area contributed by atoms with E-state index in [4.69, 9.17) is 0 Å². The number of aryl methyl sites for hydroxylation is 1. The van der Waals surface area contributed by atoms with Crippen molar-refractivity contribution in [1.82, 2.24) is 10.2 Å². The number of aromatic hydroxyl groups is 1. The Morgan fingerprint density at radius 3 is 2.36 bits per heavy atom. The number of phenolic OH excluding ortho intramolecular Hbond substituents is 1. The number of aromatic amines is 1. The van der Waals surface area contributed by atoms with Crippen LogP contribution in [0.5, 0.6) is 5.75 Å². The number of nitrogens with one attached hydrogen (secondary N) is 1.